The molecule has 4 heteroatoms. The molecule has 0 aliphatic carbocycles. The van der Waals surface area contributed by atoms with Gasteiger partial charge in [0.2, 0.25) is 0 Å². The highest BCUT2D eigenvalue weighted by Crippen LogP contribution is 2.17. The van der Waals surface area contributed by atoms with E-state index < -0.39 is 0 Å². The Morgan fingerprint density at radius 2 is 1.35 bits per heavy atom. The van der Waals surface area contributed by atoms with E-state index in [1.807, 2.05) is 0 Å². The van der Waals surface area contributed by atoms with Gasteiger partial charge in [-0.15, -0.1) is 0 Å². The van der Waals surface area contributed by atoms with E-state index in [1.165, 1.54) is 71.3 Å². The molecule has 0 amide bonds. The van der Waals surface area contributed by atoms with Crippen molar-refractivity contribution in [3.63, 3.8) is 0 Å². The molecular weight excluding hydrogens is 328 g/mol. The van der Waals surface area contributed by atoms with Crippen molar-refractivity contribution in [2.24, 2.45) is 0 Å². The van der Waals surface area contributed by atoms with E-state index in [0.717, 1.165) is 32.1 Å². The monoisotopic (exact) mass is 372 g/mol. The summed E-state index contributed by atoms with van der Waals surface area (Å²) in [5.41, 5.74) is 0. The Hall–Kier alpha value is -0.610. The van der Waals surface area contributed by atoms with E-state index in [4.69, 9.17) is 9.84 Å². The first-order valence-corrected chi connectivity index (χ1v) is 11.0. The molecule has 156 valence electrons. The van der Waals surface area contributed by atoms with Gasteiger partial charge in [0, 0.05) is 19.6 Å². The normalized spacial score (nSPS) is 12.3. The van der Waals surface area contributed by atoms with Gasteiger partial charge in [0.1, 0.15) is 0 Å². The molecule has 1 N–H and O–H groups in total. The fourth-order valence-corrected chi connectivity index (χ4v) is 3.23. The first-order chi connectivity index (χ1) is 12.7. The number of hydrogen-bond acceptors (Lipinski definition) is 4. The standard InChI is InChI=1S/C22H44O4/c1-3-4-5-6-7-9-12-16-21(26-20-15-19-23)17-13-10-8-11-14-18-22(24)25-2/h21,23H,3-20H2,1-2H3. The molecule has 1 unspecified atom stereocenters. The minimum Gasteiger partial charge on any atom is -0.469 e. The van der Waals surface area contributed by atoms with Crippen LogP contribution >= 0.6 is 0 Å². The third kappa shape index (κ3) is 18.2. The van der Waals surface area contributed by atoms with E-state index in [-0.39, 0.29) is 12.6 Å². The molecule has 0 aromatic rings. The van der Waals surface area contributed by atoms with Gasteiger partial charge in [0.25, 0.3) is 0 Å². The SMILES string of the molecule is CCCCCCCCCC(CCCCCCCC(=O)OC)OCCCO. The molecule has 1 atom stereocenters. The molecule has 0 aromatic heterocycles. The Kier molecular flexibility index (Phi) is 20.2. The third-order valence-electron chi connectivity index (χ3n) is 4.92. The van der Waals surface area contributed by atoms with Crippen molar-refractivity contribution in [1.82, 2.24) is 0 Å². The van der Waals surface area contributed by atoms with Crippen LogP contribution in [-0.4, -0.2) is 37.5 Å². The molecule has 0 aliphatic heterocycles. The lowest BCUT2D eigenvalue weighted by Gasteiger charge is -2.18. The number of aliphatic hydroxyl groups excluding tert-OH is 1. The Bertz CT molecular complexity index is 294. The maximum Gasteiger partial charge on any atom is 0.305 e. The zero-order valence-corrected chi connectivity index (χ0v) is 17.5. The molecule has 0 rings (SSSR count). The van der Waals surface area contributed by atoms with Crippen molar-refractivity contribution in [3.8, 4) is 0 Å². The van der Waals surface area contributed by atoms with Gasteiger partial charge >= 0.3 is 5.97 Å². The molecule has 4 nitrogen and oxygen atoms in total. The maximum absolute atomic E-state index is 11.1. The smallest absolute Gasteiger partial charge is 0.305 e. The molecule has 0 fully saturated rings. The fourth-order valence-electron chi connectivity index (χ4n) is 3.23. The fraction of sp³-hybridized carbons (Fsp3) is 0.955. The second kappa shape index (κ2) is 20.7. The van der Waals surface area contributed by atoms with E-state index >= 15 is 0 Å². The number of ether oxygens (including phenoxy) is 2. The number of methoxy groups -OCH3 is 1. The topological polar surface area (TPSA) is 55.8 Å². The molecule has 0 saturated heterocycles. The van der Waals surface area contributed by atoms with Crippen molar-refractivity contribution in [2.75, 3.05) is 20.3 Å². The van der Waals surface area contributed by atoms with Crippen molar-refractivity contribution < 1.29 is 19.4 Å². The molecule has 0 aliphatic rings. The minimum absolute atomic E-state index is 0.1000. The number of hydrogen-bond donors (Lipinski definition) is 1. The summed E-state index contributed by atoms with van der Waals surface area (Å²) in [5, 5.41) is 8.94. The summed E-state index contributed by atoms with van der Waals surface area (Å²) in [6.07, 6.45) is 18.9. The van der Waals surface area contributed by atoms with Crippen molar-refractivity contribution in [2.45, 2.75) is 116 Å². The van der Waals surface area contributed by atoms with Crippen LogP contribution in [0.15, 0.2) is 0 Å². The molecule has 0 heterocycles. The van der Waals surface area contributed by atoms with Gasteiger partial charge in [0.05, 0.1) is 13.2 Å². The summed E-state index contributed by atoms with van der Waals surface area (Å²) in [6.45, 7) is 3.15. The second-order valence-corrected chi connectivity index (χ2v) is 7.36. The summed E-state index contributed by atoms with van der Waals surface area (Å²) in [6, 6.07) is 0. The van der Waals surface area contributed by atoms with Crippen LogP contribution in [0.2, 0.25) is 0 Å². The van der Waals surface area contributed by atoms with Crippen LogP contribution < -0.4 is 0 Å². The van der Waals surface area contributed by atoms with Crippen molar-refractivity contribution in [1.29, 1.82) is 0 Å². The largest absolute Gasteiger partial charge is 0.469 e. The number of carbonyl (C=O) groups is 1. The average molecular weight is 373 g/mol. The van der Waals surface area contributed by atoms with E-state index in [1.54, 1.807) is 0 Å². The van der Waals surface area contributed by atoms with Crippen LogP contribution in [0.25, 0.3) is 0 Å². The summed E-state index contributed by atoms with van der Waals surface area (Å²) in [7, 11) is 1.45. The van der Waals surface area contributed by atoms with Crippen LogP contribution in [0.5, 0.6) is 0 Å². The second-order valence-electron chi connectivity index (χ2n) is 7.36. The first-order valence-electron chi connectivity index (χ1n) is 11.0. The Balaban J connectivity index is 3.70. The van der Waals surface area contributed by atoms with Crippen LogP contribution in [-0.2, 0) is 14.3 Å². The minimum atomic E-state index is -0.1000. The first kappa shape index (κ1) is 25.4. The van der Waals surface area contributed by atoms with E-state index in [0.29, 0.717) is 19.1 Å². The molecule has 26 heavy (non-hydrogen) atoms. The highest BCUT2D eigenvalue weighted by molar-refractivity contribution is 5.68. The van der Waals surface area contributed by atoms with Crippen LogP contribution in [0.1, 0.15) is 110 Å². The third-order valence-corrected chi connectivity index (χ3v) is 4.92. The molecule has 0 spiro atoms. The maximum atomic E-state index is 11.1. The molecule has 0 bridgehead atoms. The number of carbonyl (C=O) groups excluding carboxylic acids is 1. The summed E-state index contributed by atoms with van der Waals surface area (Å²) in [5.74, 6) is -0.1000. The van der Waals surface area contributed by atoms with Gasteiger partial charge in [0.15, 0.2) is 0 Å². The zero-order chi connectivity index (χ0) is 19.3. The molecule has 0 aromatic carbocycles. The van der Waals surface area contributed by atoms with Gasteiger partial charge in [-0.05, 0) is 25.7 Å². The summed E-state index contributed by atoms with van der Waals surface area (Å²) in [4.78, 5) is 11.1. The van der Waals surface area contributed by atoms with Gasteiger partial charge in [-0.2, -0.15) is 0 Å². The molecular formula is C22H44O4. The quantitative estimate of drug-likeness (QED) is 0.217. The predicted molar refractivity (Wildman–Crippen MR) is 108 cm³/mol. The Labute approximate surface area is 162 Å². The summed E-state index contributed by atoms with van der Waals surface area (Å²) < 4.78 is 10.6. The van der Waals surface area contributed by atoms with Crippen LogP contribution in [0.3, 0.4) is 0 Å². The highest BCUT2D eigenvalue weighted by atomic mass is 16.5. The number of rotatable bonds is 20. The Morgan fingerprint density at radius 3 is 1.88 bits per heavy atom. The summed E-state index contributed by atoms with van der Waals surface area (Å²) >= 11 is 0. The van der Waals surface area contributed by atoms with E-state index in [9.17, 15) is 4.79 Å². The van der Waals surface area contributed by atoms with Gasteiger partial charge in [-0.3, -0.25) is 4.79 Å². The van der Waals surface area contributed by atoms with Crippen LogP contribution in [0.4, 0.5) is 0 Å². The predicted octanol–water partition coefficient (Wildman–Crippen LogP) is 5.80. The highest BCUT2D eigenvalue weighted by Gasteiger charge is 2.09. The Morgan fingerprint density at radius 1 is 0.808 bits per heavy atom. The van der Waals surface area contributed by atoms with Crippen molar-refractivity contribution >= 4 is 5.97 Å². The van der Waals surface area contributed by atoms with Gasteiger partial charge in [-0.1, -0.05) is 77.6 Å². The molecule has 0 radical (unpaired) electrons. The number of esters is 1. The zero-order valence-electron chi connectivity index (χ0n) is 17.5. The lowest BCUT2D eigenvalue weighted by Crippen LogP contribution is -2.14. The number of unbranched alkanes of at least 4 members (excludes halogenated alkanes) is 10. The van der Waals surface area contributed by atoms with Crippen LogP contribution in [0, 0.1) is 0 Å². The van der Waals surface area contributed by atoms with Gasteiger partial charge < -0.3 is 14.6 Å². The van der Waals surface area contributed by atoms with Crippen molar-refractivity contribution in [3.05, 3.63) is 0 Å². The lowest BCUT2D eigenvalue weighted by atomic mass is 10.0. The lowest BCUT2D eigenvalue weighted by molar-refractivity contribution is -0.140. The van der Waals surface area contributed by atoms with E-state index in [2.05, 4.69) is 11.7 Å². The van der Waals surface area contributed by atoms with Gasteiger partial charge in [-0.25, -0.2) is 0 Å². The average Bonchev–Trinajstić information content (AvgIpc) is 2.65. The number of aliphatic hydroxyl groups is 1. The molecule has 0 saturated carbocycles.